The molecular weight excluding hydrogens is 348 g/mol. The van der Waals surface area contributed by atoms with Crippen LogP contribution in [0.15, 0.2) is 93.9 Å². The van der Waals surface area contributed by atoms with Gasteiger partial charge in [-0.3, -0.25) is 0 Å². The molecule has 28 heavy (non-hydrogen) atoms. The molecule has 0 fully saturated rings. The van der Waals surface area contributed by atoms with Crippen molar-refractivity contribution >= 4 is 33.1 Å². The Morgan fingerprint density at radius 2 is 1.50 bits per heavy atom. The SMILES string of the molecule is c1ccc(-c2ccnc(-c3cccc4c3oc3oc5ccccc5c34)n2)cc1. The van der Waals surface area contributed by atoms with E-state index in [1.54, 1.807) is 6.20 Å². The van der Waals surface area contributed by atoms with Crippen LogP contribution in [-0.4, -0.2) is 9.97 Å². The molecule has 132 valence electrons. The Morgan fingerprint density at radius 3 is 2.43 bits per heavy atom. The molecule has 0 radical (unpaired) electrons. The number of aromatic nitrogens is 2. The molecule has 0 bridgehead atoms. The van der Waals surface area contributed by atoms with Crippen molar-refractivity contribution < 1.29 is 8.83 Å². The first kappa shape index (κ1) is 15.2. The average Bonchev–Trinajstić information content (AvgIpc) is 3.30. The van der Waals surface area contributed by atoms with Crippen LogP contribution < -0.4 is 0 Å². The molecule has 0 amide bonds. The van der Waals surface area contributed by atoms with Crippen molar-refractivity contribution in [2.75, 3.05) is 0 Å². The van der Waals surface area contributed by atoms with Gasteiger partial charge in [-0.25, -0.2) is 9.97 Å². The Bertz CT molecular complexity index is 1460. The number of para-hydroxylation sites is 2. The van der Waals surface area contributed by atoms with Crippen molar-refractivity contribution in [1.82, 2.24) is 9.97 Å². The Balaban J connectivity index is 1.60. The van der Waals surface area contributed by atoms with Crippen LogP contribution in [0, 0.1) is 0 Å². The number of nitrogens with zero attached hydrogens (tertiary/aromatic N) is 2. The van der Waals surface area contributed by atoms with E-state index in [4.69, 9.17) is 13.8 Å². The van der Waals surface area contributed by atoms with Gasteiger partial charge in [-0.15, -0.1) is 0 Å². The normalized spacial score (nSPS) is 11.6. The minimum atomic E-state index is 0.530. The predicted molar refractivity (Wildman–Crippen MR) is 110 cm³/mol. The summed E-state index contributed by atoms with van der Waals surface area (Å²) in [6.45, 7) is 0. The summed E-state index contributed by atoms with van der Waals surface area (Å²) < 4.78 is 12.0. The first-order valence-electron chi connectivity index (χ1n) is 9.10. The van der Waals surface area contributed by atoms with Crippen LogP contribution in [0.2, 0.25) is 0 Å². The van der Waals surface area contributed by atoms with Crippen LogP contribution in [0.3, 0.4) is 0 Å². The molecule has 3 aromatic heterocycles. The van der Waals surface area contributed by atoms with Crippen LogP contribution in [0.5, 0.6) is 0 Å². The number of fused-ring (bicyclic) bond motifs is 5. The molecule has 0 aliphatic heterocycles. The molecule has 6 rings (SSSR count). The van der Waals surface area contributed by atoms with Gasteiger partial charge >= 0.3 is 0 Å². The quantitative estimate of drug-likeness (QED) is 0.355. The molecule has 0 saturated heterocycles. The lowest BCUT2D eigenvalue weighted by atomic mass is 10.1. The molecule has 4 nitrogen and oxygen atoms in total. The molecule has 0 atom stereocenters. The van der Waals surface area contributed by atoms with Crippen molar-refractivity contribution in [2.24, 2.45) is 0 Å². The molecule has 3 aromatic carbocycles. The molecule has 3 heterocycles. The van der Waals surface area contributed by atoms with E-state index in [1.165, 1.54) is 0 Å². The minimum Gasteiger partial charge on any atom is -0.425 e. The van der Waals surface area contributed by atoms with Gasteiger partial charge in [-0.05, 0) is 18.2 Å². The summed E-state index contributed by atoms with van der Waals surface area (Å²) in [5.74, 6) is 1.16. The van der Waals surface area contributed by atoms with Gasteiger partial charge in [-0.1, -0.05) is 60.7 Å². The lowest BCUT2D eigenvalue weighted by Gasteiger charge is -2.05. The van der Waals surface area contributed by atoms with Gasteiger partial charge in [-0.2, -0.15) is 0 Å². The van der Waals surface area contributed by atoms with Gasteiger partial charge in [0.1, 0.15) is 11.2 Å². The Labute approximate surface area is 160 Å². The molecule has 0 aliphatic carbocycles. The summed E-state index contributed by atoms with van der Waals surface area (Å²) in [4.78, 5) is 9.28. The van der Waals surface area contributed by atoms with Gasteiger partial charge in [0.15, 0.2) is 5.82 Å². The van der Waals surface area contributed by atoms with Gasteiger partial charge in [0.05, 0.1) is 16.6 Å². The summed E-state index contributed by atoms with van der Waals surface area (Å²) in [6, 6.07) is 26.0. The summed E-state index contributed by atoms with van der Waals surface area (Å²) in [7, 11) is 0. The topological polar surface area (TPSA) is 52.1 Å². The molecule has 0 unspecified atom stereocenters. The third kappa shape index (κ3) is 2.18. The fourth-order valence-corrected chi connectivity index (χ4v) is 3.72. The number of hydrogen-bond donors (Lipinski definition) is 0. The Hall–Kier alpha value is -3.92. The molecule has 0 aliphatic rings. The first-order valence-corrected chi connectivity index (χ1v) is 9.10. The van der Waals surface area contributed by atoms with Crippen LogP contribution in [0.25, 0.3) is 55.7 Å². The molecule has 0 saturated carbocycles. The van der Waals surface area contributed by atoms with Crippen molar-refractivity contribution in [2.45, 2.75) is 0 Å². The molecule has 6 aromatic rings. The molecule has 0 spiro atoms. The highest BCUT2D eigenvalue weighted by Crippen LogP contribution is 2.40. The van der Waals surface area contributed by atoms with Crippen molar-refractivity contribution in [3.63, 3.8) is 0 Å². The third-order valence-electron chi connectivity index (χ3n) is 5.01. The van der Waals surface area contributed by atoms with Crippen molar-refractivity contribution in [1.29, 1.82) is 0 Å². The number of hydrogen-bond acceptors (Lipinski definition) is 4. The lowest BCUT2D eigenvalue weighted by molar-refractivity contribution is 0.525. The summed E-state index contributed by atoms with van der Waals surface area (Å²) in [6.07, 6.45) is 1.78. The van der Waals surface area contributed by atoms with Crippen LogP contribution in [0.1, 0.15) is 0 Å². The van der Waals surface area contributed by atoms with Crippen molar-refractivity contribution in [3.8, 4) is 22.6 Å². The second kappa shape index (κ2) is 5.79. The zero-order valence-electron chi connectivity index (χ0n) is 14.8. The van der Waals surface area contributed by atoms with E-state index in [0.29, 0.717) is 11.6 Å². The third-order valence-corrected chi connectivity index (χ3v) is 5.01. The maximum atomic E-state index is 6.12. The van der Waals surface area contributed by atoms with Crippen LogP contribution in [0.4, 0.5) is 0 Å². The second-order valence-electron chi connectivity index (χ2n) is 6.68. The number of rotatable bonds is 2. The van der Waals surface area contributed by atoms with Crippen LogP contribution in [-0.2, 0) is 0 Å². The zero-order chi connectivity index (χ0) is 18.5. The highest BCUT2D eigenvalue weighted by molar-refractivity contribution is 6.19. The standard InChI is InChI=1S/C24H14N2O2/c1-2-7-15(8-3-1)19-13-14-25-23(26-19)18-11-6-10-17-21-16-9-4-5-12-20(16)27-24(21)28-22(17)18/h1-14H. The van der Waals surface area contributed by atoms with E-state index >= 15 is 0 Å². The number of benzene rings is 3. The van der Waals surface area contributed by atoms with E-state index in [9.17, 15) is 0 Å². The monoisotopic (exact) mass is 362 g/mol. The van der Waals surface area contributed by atoms with Gasteiger partial charge in [0, 0.05) is 22.5 Å². The van der Waals surface area contributed by atoms with E-state index in [-0.39, 0.29) is 0 Å². The Kier molecular flexibility index (Phi) is 3.14. The lowest BCUT2D eigenvalue weighted by Crippen LogP contribution is -1.91. The average molecular weight is 362 g/mol. The molecule has 0 N–H and O–H groups in total. The van der Waals surface area contributed by atoms with Gasteiger partial charge < -0.3 is 8.83 Å². The fraction of sp³-hybridized carbons (Fsp3) is 0. The van der Waals surface area contributed by atoms with Gasteiger partial charge in [0.25, 0.3) is 5.78 Å². The number of furan rings is 2. The van der Waals surface area contributed by atoms with E-state index in [0.717, 1.165) is 44.1 Å². The van der Waals surface area contributed by atoms with E-state index < -0.39 is 0 Å². The zero-order valence-corrected chi connectivity index (χ0v) is 14.8. The maximum Gasteiger partial charge on any atom is 0.299 e. The van der Waals surface area contributed by atoms with Crippen molar-refractivity contribution in [3.05, 3.63) is 85.1 Å². The largest absolute Gasteiger partial charge is 0.425 e. The highest BCUT2D eigenvalue weighted by Gasteiger charge is 2.19. The van der Waals surface area contributed by atoms with Crippen LogP contribution >= 0.6 is 0 Å². The highest BCUT2D eigenvalue weighted by atomic mass is 16.5. The Morgan fingerprint density at radius 1 is 0.679 bits per heavy atom. The summed E-state index contributed by atoms with van der Waals surface area (Å²) in [5, 5.41) is 3.05. The summed E-state index contributed by atoms with van der Waals surface area (Å²) in [5.41, 5.74) is 4.35. The fourth-order valence-electron chi connectivity index (χ4n) is 3.72. The smallest absolute Gasteiger partial charge is 0.299 e. The minimum absolute atomic E-state index is 0.530. The van der Waals surface area contributed by atoms with E-state index in [1.807, 2.05) is 72.8 Å². The molecular formula is C24H14N2O2. The first-order chi connectivity index (χ1) is 13.9. The maximum absolute atomic E-state index is 6.12. The van der Waals surface area contributed by atoms with Gasteiger partial charge in [0.2, 0.25) is 0 Å². The summed E-state index contributed by atoms with van der Waals surface area (Å²) >= 11 is 0. The predicted octanol–water partition coefficient (Wildman–Crippen LogP) is 6.46. The molecule has 4 heteroatoms. The second-order valence-corrected chi connectivity index (χ2v) is 6.68. The van der Waals surface area contributed by atoms with E-state index in [2.05, 4.69) is 11.1 Å².